The highest BCUT2D eigenvalue weighted by molar-refractivity contribution is 6.04. The third-order valence-electron chi connectivity index (χ3n) is 2.72. The van der Waals surface area contributed by atoms with Gasteiger partial charge in [-0.25, -0.2) is 0 Å². The SMILES string of the molecule is Cc1nn(C)cc1NC(=O)c1cccc(C#CCN)c1. The first-order valence-electron chi connectivity index (χ1n) is 6.20. The van der Waals surface area contributed by atoms with Crippen molar-refractivity contribution >= 4 is 11.6 Å². The van der Waals surface area contributed by atoms with Gasteiger partial charge in [0.1, 0.15) is 0 Å². The van der Waals surface area contributed by atoms with Gasteiger partial charge < -0.3 is 11.1 Å². The molecule has 0 aliphatic carbocycles. The van der Waals surface area contributed by atoms with Gasteiger partial charge >= 0.3 is 0 Å². The van der Waals surface area contributed by atoms with Crippen molar-refractivity contribution in [2.24, 2.45) is 12.8 Å². The molecule has 5 nitrogen and oxygen atoms in total. The van der Waals surface area contributed by atoms with Crippen LogP contribution in [-0.4, -0.2) is 22.2 Å². The molecule has 5 heteroatoms. The molecule has 1 amide bonds. The van der Waals surface area contributed by atoms with E-state index in [1.54, 1.807) is 29.1 Å². The maximum absolute atomic E-state index is 12.2. The summed E-state index contributed by atoms with van der Waals surface area (Å²) in [5.74, 6) is 5.49. The van der Waals surface area contributed by atoms with Crippen LogP contribution in [0.5, 0.6) is 0 Å². The molecule has 1 aromatic carbocycles. The maximum Gasteiger partial charge on any atom is 0.255 e. The summed E-state index contributed by atoms with van der Waals surface area (Å²) >= 11 is 0. The molecule has 3 N–H and O–H groups in total. The Labute approximate surface area is 117 Å². The molecule has 0 spiro atoms. The lowest BCUT2D eigenvalue weighted by Crippen LogP contribution is -2.12. The first-order valence-corrected chi connectivity index (χ1v) is 6.20. The van der Waals surface area contributed by atoms with Crippen molar-refractivity contribution < 1.29 is 4.79 Å². The largest absolute Gasteiger partial charge is 0.320 e. The van der Waals surface area contributed by atoms with E-state index in [2.05, 4.69) is 22.3 Å². The van der Waals surface area contributed by atoms with Crippen LogP contribution < -0.4 is 11.1 Å². The van der Waals surface area contributed by atoms with Gasteiger partial charge in [-0.1, -0.05) is 17.9 Å². The van der Waals surface area contributed by atoms with Crippen molar-refractivity contribution in [1.82, 2.24) is 9.78 Å². The summed E-state index contributed by atoms with van der Waals surface area (Å²) in [5, 5.41) is 7.02. The predicted molar refractivity (Wildman–Crippen MR) is 78.3 cm³/mol. The Bertz CT molecular complexity index is 691. The van der Waals surface area contributed by atoms with Crippen molar-refractivity contribution in [1.29, 1.82) is 0 Å². The fraction of sp³-hybridized carbons (Fsp3) is 0.200. The van der Waals surface area contributed by atoms with E-state index in [0.29, 0.717) is 17.8 Å². The smallest absolute Gasteiger partial charge is 0.255 e. The molecule has 1 heterocycles. The van der Waals surface area contributed by atoms with E-state index in [1.165, 1.54) is 0 Å². The molecule has 0 fully saturated rings. The van der Waals surface area contributed by atoms with Gasteiger partial charge in [-0.15, -0.1) is 0 Å². The van der Waals surface area contributed by atoms with Crippen molar-refractivity contribution in [3.8, 4) is 11.8 Å². The van der Waals surface area contributed by atoms with Crippen molar-refractivity contribution in [2.45, 2.75) is 6.92 Å². The maximum atomic E-state index is 12.2. The van der Waals surface area contributed by atoms with Gasteiger partial charge in [0.15, 0.2) is 0 Å². The highest BCUT2D eigenvalue weighted by Crippen LogP contribution is 2.13. The second-order valence-electron chi connectivity index (χ2n) is 4.34. The van der Waals surface area contributed by atoms with E-state index in [0.717, 1.165) is 11.3 Å². The van der Waals surface area contributed by atoms with E-state index in [-0.39, 0.29) is 5.91 Å². The number of benzene rings is 1. The summed E-state index contributed by atoms with van der Waals surface area (Å²) in [6.07, 6.45) is 1.77. The van der Waals surface area contributed by atoms with Crippen LogP contribution in [0.2, 0.25) is 0 Å². The number of carbonyl (C=O) groups excluding carboxylic acids is 1. The average Bonchev–Trinajstić information content (AvgIpc) is 2.75. The van der Waals surface area contributed by atoms with E-state index in [9.17, 15) is 4.79 Å². The Hall–Kier alpha value is -2.58. The third-order valence-corrected chi connectivity index (χ3v) is 2.72. The second-order valence-corrected chi connectivity index (χ2v) is 4.34. The van der Waals surface area contributed by atoms with Crippen LogP contribution >= 0.6 is 0 Å². The quantitative estimate of drug-likeness (QED) is 0.806. The molecule has 0 aliphatic rings. The Morgan fingerprint density at radius 3 is 2.95 bits per heavy atom. The lowest BCUT2D eigenvalue weighted by molar-refractivity contribution is 0.102. The normalized spacial score (nSPS) is 9.75. The Morgan fingerprint density at radius 1 is 1.50 bits per heavy atom. The van der Waals surface area contributed by atoms with Crippen LogP contribution in [0.25, 0.3) is 0 Å². The number of hydrogen-bond acceptors (Lipinski definition) is 3. The van der Waals surface area contributed by atoms with Crippen molar-refractivity contribution in [2.75, 3.05) is 11.9 Å². The molecule has 2 aromatic rings. The minimum atomic E-state index is -0.183. The number of nitrogens with one attached hydrogen (secondary N) is 1. The fourth-order valence-corrected chi connectivity index (χ4v) is 1.81. The summed E-state index contributed by atoms with van der Waals surface area (Å²) in [6.45, 7) is 2.14. The van der Waals surface area contributed by atoms with Crippen LogP contribution in [0.15, 0.2) is 30.5 Å². The highest BCUT2D eigenvalue weighted by Gasteiger charge is 2.10. The zero-order valence-electron chi connectivity index (χ0n) is 11.5. The number of nitrogens with two attached hydrogens (primary N) is 1. The third kappa shape index (κ3) is 3.25. The summed E-state index contributed by atoms with van der Waals surface area (Å²) in [5.41, 5.74) is 8.14. The van der Waals surface area contributed by atoms with Crippen LogP contribution in [0, 0.1) is 18.8 Å². The zero-order valence-corrected chi connectivity index (χ0v) is 11.5. The molecule has 0 aliphatic heterocycles. The summed E-state index contributed by atoms with van der Waals surface area (Å²) in [6, 6.07) is 7.12. The van der Waals surface area contributed by atoms with E-state index in [4.69, 9.17) is 5.73 Å². The zero-order chi connectivity index (χ0) is 14.5. The first kappa shape index (κ1) is 13.8. The number of nitrogens with zero attached hydrogens (tertiary/aromatic N) is 2. The van der Waals surface area contributed by atoms with Gasteiger partial charge in [-0.2, -0.15) is 5.10 Å². The number of aryl methyl sites for hydroxylation is 2. The molecule has 0 saturated carbocycles. The molecule has 1 aromatic heterocycles. The van der Waals surface area contributed by atoms with E-state index >= 15 is 0 Å². The predicted octanol–water partition coefficient (Wildman–Crippen LogP) is 1.29. The molecule has 0 unspecified atom stereocenters. The molecular weight excluding hydrogens is 252 g/mol. The monoisotopic (exact) mass is 268 g/mol. The standard InChI is InChI=1S/C15H16N4O/c1-11-14(10-19(2)18-11)17-15(20)13-7-3-5-12(9-13)6-4-8-16/h3,5,7,9-10H,8,16H2,1-2H3,(H,17,20). The average molecular weight is 268 g/mol. The van der Waals surface area contributed by atoms with E-state index in [1.807, 2.05) is 20.0 Å². The number of hydrogen-bond donors (Lipinski definition) is 2. The van der Waals surface area contributed by atoms with Gasteiger partial charge in [0.2, 0.25) is 0 Å². The lowest BCUT2D eigenvalue weighted by atomic mass is 10.1. The molecule has 0 bridgehead atoms. The molecule has 2 rings (SSSR count). The number of aromatic nitrogens is 2. The van der Waals surface area contributed by atoms with E-state index < -0.39 is 0 Å². The van der Waals surface area contributed by atoms with Crippen LogP contribution in [-0.2, 0) is 7.05 Å². The molecule has 0 radical (unpaired) electrons. The topological polar surface area (TPSA) is 72.9 Å². The number of rotatable bonds is 2. The number of amides is 1. The second kappa shape index (κ2) is 6.04. The molecule has 20 heavy (non-hydrogen) atoms. The summed E-state index contributed by atoms with van der Waals surface area (Å²) in [7, 11) is 1.81. The van der Waals surface area contributed by atoms with Crippen LogP contribution in [0.1, 0.15) is 21.6 Å². The van der Waals surface area contributed by atoms with Crippen LogP contribution in [0.3, 0.4) is 0 Å². The van der Waals surface area contributed by atoms with Gasteiger partial charge in [-0.05, 0) is 25.1 Å². The molecule has 102 valence electrons. The molecule has 0 atom stereocenters. The molecule has 0 saturated heterocycles. The summed E-state index contributed by atoms with van der Waals surface area (Å²) < 4.78 is 1.66. The first-order chi connectivity index (χ1) is 9.60. The summed E-state index contributed by atoms with van der Waals surface area (Å²) in [4.78, 5) is 12.2. The lowest BCUT2D eigenvalue weighted by Gasteiger charge is -2.04. The Morgan fingerprint density at radius 2 is 2.30 bits per heavy atom. The fourth-order valence-electron chi connectivity index (χ4n) is 1.81. The van der Waals surface area contributed by atoms with Crippen molar-refractivity contribution in [3.05, 3.63) is 47.3 Å². The minimum Gasteiger partial charge on any atom is -0.320 e. The minimum absolute atomic E-state index is 0.183. The van der Waals surface area contributed by atoms with Gasteiger partial charge in [0.05, 0.1) is 17.9 Å². The Balaban J connectivity index is 2.19. The van der Waals surface area contributed by atoms with Gasteiger partial charge in [0.25, 0.3) is 5.91 Å². The number of anilines is 1. The van der Waals surface area contributed by atoms with Crippen LogP contribution in [0.4, 0.5) is 5.69 Å². The Kier molecular flexibility index (Phi) is 4.18. The molecular formula is C15H16N4O. The van der Waals surface area contributed by atoms with Gasteiger partial charge in [-0.3, -0.25) is 9.48 Å². The van der Waals surface area contributed by atoms with Gasteiger partial charge in [0, 0.05) is 24.4 Å². The number of carbonyl (C=O) groups is 1. The van der Waals surface area contributed by atoms with Crippen molar-refractivity contribution in [3.63, 3.8) is 0 Å². The highest BCUT2D eigenvalue weighted by atomic mass is 16.1.